The van der Waals surface area contributed by atoms with Gasteiger partial charge in [0.25, 0.3) is 0 Å². The summed E-state index contributed by atoms with van der Waals surface area (Å²) >= 11 is 0. The van der Waals surface area contributed by atoms with Gasteiger partial charge in [-0.05, 0) is 42.5 Å². The number of carboxylic acids is 1. The number of hydrogen-bond acceptors (Lipinski definition) is 2. The fraction of sp³-hybridized carbons (Fsp3) is 0.300. The predicted molar refractivity (Wildman–Crippen MR) is 91.9 cm³/mol. The fourth-order valence-electron chi connectivity index (χ4n) is 3.30. The molecular weight excluding hydrogens is 302 g/mol. The van der Waals surface area contributed by atoms with Crippen LogP contribution in [0.15, 0.2) is 54.6 Å². The Balaban J connectivity index is 1.61. The summed E-state index contributed by atoms with van der Waals surface area (Å²) in [6.45, 7) is 0.816. The second-order valence-corrected chi connectivity index (χ2v) is 6.16. The summed E-state index contributed by atoms with van der Waals surface area (Å²) in [5.41, 5.74) is 2.46. The van der Waals surface area contributed by atoms with Crippen LogP contribution in [0.3, 0.4) is 0 Å². The second kappa shape index (κ2) is 7.30. The molecule has 1 atom stereocenters. The summed E-state index contributed by atoms with van der Waals surface area (Å²) in [5.74, 6) is -0.760. The van der Waals surface area contributed by atoms with Crippen LogP contribution in [0.5, 0.6) is 0 Å². The fourth-order valence-corrected chi connectivity index (χ4v) is 3.30. The van der Waals surface area contributed by atoms with E-state index >= 15 is 0 Å². The van der Waals surface area contributed by atoms with Crippen molar-refractivity contribution in [3.05, 3.63) is 71.3 Å². The molecular formula is C20H21NO3. The number of rotatable bonds is 5. The highest BCUT2D eigenvalue weighted by Crippen LogP contribution is 2.32. The molecule has 0 aliphatic carbocycles. The van der Waals surface area contributed by atoms with Gasteiger partial charge in [0.05, 0.1) is 11.6 Å². The van der Waals surface area contributed by atoms with Crippen molar-refractivity contribution in [3.8, 4) is 0 Å². The second-order valence-electron chi connectivity index (χ2n) is 6.16. The molecule has 1 N–H and O–H groups in total. The molecule has 2 aromatic rings. The van der Waals surface area contributed by atoms with E-state index in [0.717, 1.165) is 24.9 Å². The first-order chi connectivity index (χ1) is 11.6. The summed E-state index contributed by atoms with van der Waals surface area (Å²) in [5, 5.41) is 8.91. The van der Waals surface area contributed by atoms with Crippen molar-refractivity contribution in [2.24, 2.45) is 0 Å². The quantitative estimate of drug-likeness (QED) is 0.913. The Morgan fingerprint density at radius 1 is 1.04 bits per heavy atom. The maximum absolute atomic E-state index is 12.6. The molecule has 3 rings (SSSR count). The third-order valence-electron chi connectivity index (χ3n) is 4.59. The molecule has 1 amide bonds. The van der Waals surface area contributed by atoms with Crippen molar-refractivity contribution >= 4 is 11.9 Å². The van der Waals surface area contributed by atoms with Gasteiger partial charge in [-0.1, -0.05) is 42.5 Å². The monoisotopic (exact) mass is 323 g/mol. The van der Waals surface area contributed by atoms with E-state index in [1.54, 1.807) is 24.3 Å². The molecule has 0 saturated carbocycles. The number of carbonyl (C=O) groups excluding carboxylic acids is 1. The van der Waals surface area contributed by atoms with E-state index < -0.39 is 5.97 Å². The molecule has 0 radical (unpaired) electrons. The van der Waals surface area contributed by atoms with Crippen molar-refractivity contribution in [2.45, 2.75) is 31.7 Å². The van der Waals surface area contributed by atoms with Crippen LogP contribution < -0.4 is 0 Å². The standard InChI is InChI=1S/C20H21NO3/c22-19(13-10-15-8-11-17(12-9-15)20(23)24)21-14-4-7-18(21)16-5-2-1-3-6-16/h1-3,5-6,8-9,11-12,18H,4,7,10,13-14H2,(H,23,24)/t18-/m1/s1. The van der Waals surface area contributed by atoms with Gasteiger partial charge in [0.1, 0.15) is 0 Å². The third kappa shape index (κ3) is 3.65. The van der Waals surface area contributed by atoms with Crippen LogP contribution in [0.1, 0.15) is 46.8 Å². The Kier molecular flexibility index (Phi) is 4.94. The van der Waals surface area contributed by atoms with E-state index in [2.05, 4.69) is 12.1 Å². The minimum absolute atomic E-state index is 0.170. The van der Waals surface area contributed by atoms with Crippen LogP contribution >= 0.6 is 0 Å². The highest BCUT2D eigenvalue weighted by molar-refractivity contribution is 5.87. The van der Waals surface area contributed by atoms with Gasteiger partial charge in [0, 0.05) is 13.0 Å². The largest absolute Gasteiger partial charge is 0.478 e. The number of aromatic carboxylic acids is 1. The highest BCUT2D eigenvalue weighted by Gasteiger charge is 2.29. The summed E-state index contributed by atoms with van der Waals surface area (Å²) in [6.07, 6.45) is 3.15. The molecule has 0 bridgehead atoms. The first-order valence-electron chi connectivity index (χ1n) is 8.32. The Labute approximate surface area is 141 Å². The Bertz CT molecular complexity index is 709. The summed E-state index contributed by atoms with van der Waals surface area (Å²) in [6, 6.07) is 17.1. The van der Waals surface area contributed by atoms with Crippen LogP contribution in [0, 0.1) is 0 Å². The molecule has 1 fully saturated rings. The number of aryl methyl sites for hydroxylation is 1. The van der Waals surface area contributed by atoms with E-state index in [1.807, 2.05) is 23.1 Å². The number of likely N-dealkylation sites (tertiary alicyclic amines) is 1. The average Bonchev–Trinajstić information content (AvgIpc) is 3.10. The van der Waals surface area contributed by atoms with Crippen molar-refractivity contribution in [1.82, 2.24) is 4.90 Å². The SMILES string of the molecule is O=C(O)c1ccc(CCC(=O)N2CCC[C@@H]2c2ccccc2)cc1. The predicted octanol–water partition coefficient (Wildman–Crippen LogP) is 3.68. The lowest BCUT2D eigenvalue weighted by atomic mass is 10.0. The van der Waals surface area contributed by atoms with Gasteiger partial charge in [0.2, 0.25) is 5.91 Å². The van der Waals surface area contributed by atoms with Crippen LogP contribution in [0.4, 0.5) is 0 Å². The summed E-state index contributed by atoms with van der Waals surface area (Å²) < 4.78 is 0. The maximum atomic E-state index is 12.6. The normalized spacial score (nSPS) is 17.0. The van der Waals surface area contributed by atoms with E-state index in [4.69, 9.17) is 5.11 Å². The lowest BCUT2D eigenvalue weighted by Crippen LogP contribution is -2.30. The van der Waals surface area contributed by atoms with E-state index in [-0.39, 0.29) is 17.5 Å². The molecule has 1 saturated heterocycles. The van der Waals surface area contributed by atoms with Crippen molar-refractivity contribution < 1.29 is 14.7 Å². The Hall–Kier alpha value is -2.62. The molecule has 124 valence electrons. The topological polar surface area (TPSA) is 57.6 Å². The molecule has 4 nitrogen and oxygen atoms in total. The third-order valence-corrected chi connectivity index (χ3v) is 4.59. The smallest absolute Gasteiger partial charge is 0.335 e. The van der Waals surface area contributed by atoms with Crippen LogP contribution in [-0.2, 0) is 11.2 Å². The molecule has 24 heavy (non-hydrogen) atoms. The molecule has 1 aliphatic rings. The zero-order chi connectivity index (χ0) is 16.9. The average molecular weight is 323 g/mol. The van der Waals surface area contributed by atoms with E-state index in [0.29, 0.717) is 12.8 Å². The summed E-state index contributed by atoms with van der Waals surface area (Å²) in [4.78, 5) is 25.5. The van der Waals surface area contributed by atoms with Gasteiger partial charge in [-0.2, -0.15) is 0 Å². The first kappa shape index (κ1) is 16.2. The lowest BCUT2D eigenvalue weighted by molar-refractivity contribution is -0.132. The number of amides is 1. The van der Waals surface area contributed by atoms with Crippen molar-refractivity contribution in [1.29, 1.82) is 0 Å². The zero-order valence-electron chi connectivity index (χ0n) is 13.5. The van der Waals surface area contributed by atoms with Gasteiger partial charge in [0.15, 0.2) is 0 Å². The number of nitrogens with zero attached hydrogens (tertiary/aromatic N) is 1. The Morgan fingerprint density at radius 3 is 2.42 bits per heavy atom. The van der Waals surface area contributed by atoms with Crippen LogP contribution in [0.2, 0.25) is 0 Å². The van der Waals surface area contributed by atoms with Crippen molar-refractivity contribution in [2.75, 3.05) is 6.54 Å². The zero-order valence-corrected chi connectivity index (χ0v) is 13.5. The molecule has 4 heteroatoms. The molecule has 1 heterocycles. The number of benzene rings is 2. The maximum Gasteiger partial charge on any atom is 0.335 e. The van der Waals surface area contributed by atoms with Gasteiger partial charge >= 0.3 is 5.97 Å². The van der Waals surface area contributed by atoms with Gasteiger partial charge in [-0.15, -0.1) is 0 Å². The first-order valence-corrected chi connectivity index (χ1v) is 8.32. The van der Waals surface area contributed by atoms with Crippen molar-refractivity contribution in [3.63, 3.8) is 0 Å². The molecule has 0 unspecified atom stereocenters. The minimum Gasteiger partial charge on any atom is -0.478 e. The Morgan fingerprint density at radius 2 is 1.75 bits per heavy atom. The minimum atomic E-state index is -0.930. The number of hydrogen-bond donors (Lipinski definition) is 1. The van der Waals surface area contributed by atoms with Crippen LogP contribution in [0.25, 0.3) is 0 Å². The highest BCUT2D eigenvalue weighted by atomic mass is 16.4. The van der Waals surface area contributed by atoms with E-state index in [9.17, 15) is 9.59 Å². The van der Waals surface area contributed by atoms with Crippen LogP contribution in [-0.4, -0.2) is 28.4 Å². The molecule has 1 aliphatic heterocycles. The number of carboxylic acid groups (broad SMARTS) is 1. The number of carbonyl (C=O) groups is 2. The lowest BCUT2D eigenvalue weighted by Gasteiger charge is -2.25. The molecule has 0 spiro atoms. The summed E-state index contributed by atoms with van der Waals surface area (Å²) in [7, 11) is 0. The van der Waals surface area contributed by atoms with Gasteiger partial charge in [-0.3, -0.25) is 4.79 Å². The van der Waals surface area contributed by atoms with Gasteiger partial charge in [-0.25, -0.2) is 4.79 Å². The molecule has 0 aromatic heterocycles. The van der Waals surface area contributed by atoms with E-state index in [1.165, 1.54) is 5.56 Å². The molecule has 2 aromatic carbocycles. The van der Waals surface area contributed by atoms with Gasteiger partial charge < -0.3 is 10.0 Å².